The number of rotatable bonds is 1. The summed E-state index contributed by atoms with van der Waals surface area (Å²) in [5.74, 6) is 0. The number of benzene rings is 1. The standard InChI is InChI=1S/C9H10BrN/c1-7-5-8(6-11-2)3-4-9(7)10/h3-6H,1-2H3/b11-6+. The topological polar surface area (TPSA) is 12.4 Å². The molecule has 0 heterocycles. The maximum atomic E-state index is 3.94. The fourth-order valence-corrected chi connectivity index (χ4v) is 1.14. The van der Waals surface area contributed by atoms with E-state index in [4.69, 9.17) is 0 Å². The monoisotopic (exact) mass is 211 g/mol. The van der Waals surface area contributed by atoms with Gasteiger partial charge in [-0.3, -0.25) is 4.99 Å². The molecule has 58 valence electrons. The van der Waals surface area contributed by atoms with E-state index in [0.29, 0.717) is 0 Å². The molecule has 0 aliphatic carbocycles. The first-order valence-electron chi connectivity index (χ1n) is 3.42. The van der Waals surface area contributed by atoms with E-state index >= 15 is 0 Å². The first-order chi connectivity index (χ1) is 5.24. The lowest BCUT2D eigenvalue weighted by molar-refractivity contribution is 1.41. The molecule has 11 heavy (non-hydrogen) atoms. The molecule has 0 fully saturated rings. The van der Waals surface area contributed by atoms with E-state index in [9.17, 15) is 0 Å². The Bertz CT molecular complexity index is 279. The van der Waals surface area contributed by atoms with Crippen molar-refractivity contribution in [1.29, 1.82) is 0 Å². The van der Waals surface area contributed by atoms with Crippen LogP contribution in [0.1, 0.15) is 11.1 Å². The summed E-state index contributed by atoms with van der Waals surface area (Å²) in [7, 11) is 1.78. The van der Waals surface area contributed by atoms with Crippen LogP contribution < -0.4 is 0 Å². The molecule has 0 amide bonds. The summed E-state index contributed by atoms with van der Waals surface area (Å²) in [5, 5.41) is 0. The van der Waals surface area contributed by atoms with Crippen LogP contribution in [0.25, 0.3) is 0 Å². The molecule has 1 aromatic rings. The number of aliphatic imine (C=N–C) groups is 1. The molecule has 0 spiro atoms. The molecular formula is C9H10BrN. The van der Waals surface area contributed by atoms with Crippen LogP contribution in [0, 0.1) is 6.92 Å². The molecule has 0 N–H and O–H groups in total. The third kappa shape index (κ3) is 2.15. The zero-order chi connectivity index (χ0) is 8.27. The van der Waals surface area contributed by atoms with E-state index in [-0.39, 0.29) is 0 Å². The second-order valence-corrected chi connectivity index (χ2v) is 3.25. The predicted octanol–water partition coefficient (Wildman–Crippen LogP) is 2.81. The zero-order valence-electron chi connectivity index (χ0n) is 6.63. The summed E-state index contributed by atoms with van der Waals surface area (Å²) in [5.41, 5.74) is 2.38. The molecule has 0 aliphatic rings. The largest absolute Gasteiger partial charge is 0.296 e. The van der Waals surface area contributed by atoms with E-state index < -0.39 is 0 Å². The summed E-state index contributed by atoms with van der Waals surface area (Å²) < 4.78 is 1.14. The van der Waals surface area contributed by atoms with Gasteiger partial charge >= 0.3 is 0 Å². The summed E-state index contributed by atoms with van der Waals surface area (Å²) in [4.78, 5) is 3.94. The van der Waals surface area contributed by atoms with Gasteiger partial charge in [0.2, 0.25) is 0 Å². The lowest BCUT2D eigenvalue weighted by Gasteiger charge is -1.97. The molecule has 1 rings (SSSR count). The van der Waals surface area contributed by atoms with Gasteiger partial charge in [0.15, 0.2) is 0 Å². The third-order valence-electron chi connectivity index (χ3n) is 1.46. The number of hydrogen-bond donors (Lipinski definition) is 0. The Balaban J connectivity index is 3.05. The van der Waals surface area contributed by atoms with Gasteiger partial charge in [-0.05, 0) is 30.2 Å². The average Bonchev–Trinajstić information content (AvgIpc) is 1.98. The minimum atomic E-state index is 1.14. The van der Waals surface area contributed by atoms with E-state index in [1.54, 1.807) is 7.05 Å². The minimum absolute atomic E-state index is 1.14. The Labute approximate surface area is 75.3 Å². The Morgan fingerprint density at radius 3 is 2.73 bits per heavy atom. The van der Waals surface area contributed by atoms with Gasteiger partial charge in [0.05, 0.1) is 0 Å². The molecule has 0 saturated heterocycles. The first-order valence-corrected chi connectivity index (χ1v) is 4.21. The first kappa shape index (κ1) is 8.47. The molecule has 2 heteroatoms. The van der Waals surface area contributed by atoms with Crippen molar-refractivity contribution in [2.24, 2.45) is 4.99 Å². The highest BCUT2D eigenvalue weighted by Gasteiger charge is 1.93. The molecule has 1 aromatic carbocycles. The van der Waals surface area contributed by atoms with Crippen molar-refractivity contribution < 1.29 is 0 Å². The number of nitrogens with zero attached hydrogens (tertiary/aromatic N) is 1. The Morgan fingerprint density at radius 2 is 2.18 bits per heavy atom. The average molecular weight is 212 g/mol. The molecule has 0 radical (unpaired) electrons. The van der Waals surface area contributed by atoms with Crippen LogP contribution in [-0.2, 0) is 0 Å². The van der Waals surface area contributed by atoms with E-state index in [1.165, 1.54) is 5.56 Å². The number of aryl methyl sites for hydroxylation is 1. The normalized spacial score (nSPS) is 10.8. The lowest BCUT2D eigenvalue weighted by atomic mass is 10.2. The molecule has 0 atom stereocenters. The Kier molecular flexibility index (Phi) is 2.83. The third-order valence-corrected chi connectivity index (χ3v) is 2.35. The van der Waals surface area contributed by atoms with Crippen LogP contribution in [0.15, 0.2) is 27.7 Å². The van der Waals surface area contributed by atoms with E-state index in [0.717, 1.165) is 10.0 Å². The van der Waals surface area contributed by atoms with Gasteiger partial charge in [0, 0.05) is 17.7 Å². The Morgan fingerprint density at radius 1 is 1.45 bits per heavy atom. The lowest BCUT2D eigenvalue weighted by Crippen LogP contribution is -1.82. The van der Waals surface area contributed by atoms with Crippen molar-refractivity contribution in [2.45, 2.75) is 6.92 Å². The van der Waals surface area contributed by atoms with Gasteiger partial charge in [-0.25, -0.2) is 0 Å². The van der Waals surface area contributed by atoms with Crippen LogP contribution in [0.3, 0.4) is 0 Å². The molecule has 0 unspecified atom stereocenters. The van der Waals surface area contributed by atoms with Gasteiger partial charge < -0.3 is 0 Å². The van der Waals surface area contributed by atoms with Gasteiger partial charge in [-0.1, -0.05) is 22.0 Å². The summed E-state index contributed by atoms with van der Waals surface area (Å²) in [6.07, 6.45) is 1.85. The van der Waals surface area contributed by atoms with Gasteiger partial charge in [-0.2, -0.15) is 0 Å². The summed E-state index contributed by atoms with van der Waals surface area (Å²) in [6, 6.07) is 6.16. The smallest absolute Gasteiger partial charge is 0.0281 e. The van der Waals surface area contributed by atoms with Crippen molar-refractivity contribution >= 4 is 22.1 Å². The molecule has 0 aliphatic heterocycles. The van der Waals surface area contributed by atoms with Crippen LogP contribution in [-0.4, -0.2) is 13.3 Å². The van der Waals surface area contributed by atoms with Crippen LogP contribution in [0.5, 0.6) is 0 Å². The number of halogens is 1. The highest BCUT2D eigenvalue weighted by atomic mass is 79.9. The predicted molar refractivity (Wildman–Crippen MR) is 52.4 cm³/mol. The minimum Gasteiger partial charge on any atom is -0.296 e. The van der Waals surface area contributed by atoms with E-state index in [1.807, 2.05) is 18.3 Å². The summed E-state index contributed by atoms with van der Waals surface area (Å²) in [6.45, 7) is 2.07. The molecule has 0 bridgehead atoms. The van der Waals surface area contributed by atoms with E-state index in [2.05, 4.69) is 33.9 Å². The maximum absolute atomic E-state index is 3.94. The van der Waals surface area contributed by atoms with Crippen molar-refractivity contribution in [3.05, 3.63) is 33.8 Å². The van der Waals surface area contributed by atoms with Crippen molar-refractivity contribution in [3.63, 3.8) is 0 Å². The molecular weight excluding hydrogens is 202 g/mol. The second kappa shape index (κ2) is 3.67. The van der Waals surface area contributed by atoms with Crippen molar-refractivity contribution in [3.8, 4) is 0 Å². The fourth-order valence-electron chi connectivity index (χ4n) is 0.897. The fraction of sp³-hybridized carbons (Fsp3) is 0.222. The van der Waals surface area contributed by atoms with Crippen molar-refractivity contribution in [2.75, 3.05) is 7.05 Å². The highest BCUT2D eigenvalue weighted by Crippen LogP contribution is 2.15. The highest BCUT2D eigenvalue weighted by molar-refractivity contribution is 9.10. The Hall–Kier alpha value is -0.630. The van der Waals surface area contributed by atoms with Crippen LogP contribution in [0.4, 0.5) is 0 Å². The second-order valence-electron chi connectivity index (χ2n) is 2.40. The van der Waals surface area contributed by atoms with Gasteiger partial charge in [0.25, 0.3) is 0 Å². The zero-order valence-corrected chi connectivity index (χ0v) is 8.22. The van der Waals surface area contributed by atoms with Crippen LogP contribution >= 0.6 is 15.9 Å². The molecule has 1 nitrogen and oxygen atoms in total. The quantitative estimate of drug-likeness (QED) is 0.634. The number of hydrogen-bond acceptors (Lipinski definition) is 1. The van der Waals surface area contributed by atoms with Gasteiger partial charge in [0.1, 0.15) is 0 Å². The maximum Gasteiger partial charge on any atom is 0.0281 e. The molecule has 0 saturated carbocycles. The molecule has 0 aromatic heterocycles. The summed E-state index contributed by atoms with van der Waals surface area (Å²) >= 11 is 3.44. The van der Waals surface area contributed by atoms with Crippen LogP contribution in [0.2, 0.25) is 0 Å². The van der Waals surface area contributed by atoms with Crippen molar-refractivity contribution in [1.82, 2.24) is 0 Å². The SMILES string of the molecule is C/N=C/c1ccc(Br)c(C)c1. The van der Waals surface area contributed by atoms with Gasteiger partial charge in [-0.15, -0.1) is 0 Å².